The van der Waals surface area contributed by atoms with Crippen LogP contribution in [0.2, 0.25) is 0 Å². The first-order valence-electron chi connectivity index (χ1n) is 18.5. The van der Waals surface area contributed by atoms with Gasteiger partial charge in [-0.25, -0.2) is 0 Å². The van der Waals surface area contributed by atoms with Crippen LogP contribution >= 0.6 is 0 Å². The molecule has 0 aliphatic carbocycles. The molecular weight excluding hydrogens is 516 g/mol. The van der Waals surface area contributed by atoms with Gasteiger partial charge in [0.1, 0.15) is 0 Å². The molecule has 0 aliphatic rings. The van der Waals surface area contributed by atoms with Gasteiger partial charge in [0.15, 0.2) is 0 Å². The second kappa shape index (κ2) is 39.7. The summed E-state index contributed by atoms with van der Waals surface area (Å²) in [7, 11) is 0. The van der Waals surface area contributed by atoms with Gasteiger partial charge in [0, 0.05) is 6.42 Å². The second-order valence-corrected chi connectivity index (χ2v) is 12.8. The number of unbranched alkanes of at least 4 members (excludes halogenated alkanes) is 33. The van der Waals surface area contributed by atoms with Gasteiger partial charge in [0.25, 0.3) is 0 Å². The zero-order valence-corrected chi connectivity index (χ0v) is 30.0. The van der Waals surface area contributed by atoms with Crippen molar-refractivity contribution in [3.8, 4) is 0 Å². The topological polar surface area (TPSA) is 37.3 Å². The predicted molar refractivity (Wildman–Crippen MR) is 183 cm³/mol. The average molecular weight is 593 g/mol. The molecule has 0 aliphatic heterocycles. The number of aliphatic carboxylic acids is 1. The van der Waals surface area contributed by atoms with Gasteiger partial charge in [-0.3, -0.25) is 4.79 Å². The predicted octanol–water partition coefficient (Wildman–Crippen LogP) is 13.6. The zero-order valence-electron chi connectivity index (χ0n) is 29.8. The molecule has 2 nitrogen and oxygen atoms in total. The van der Waals surface area contributed by atoms with Crippen LogP contribution < -0.4 is 0 Å². The second-order valence-electron chi connectivity index (χ2n) is 12.8. The molecule has 1 N–H and O–H groups in total. The zero-order chi connectivity index (χ0) is 28.3. The molecule has 0 aromatic heterocycles. The molecule has 0 saturated carbocycles. The van der Waals surface area contributed by atoms with Crippen LogP contribution in [-0.4, -0.2) is 48.8 Å². The first-order valence-corrected chi connectivity index (χ1v) is 18.5. The van der Waals surface area contributed by atoms with Crippen molar-refractivity contribution in [1.29, 1.82) is 0 Å². The van der Waals surface area contributed by atoms with Crippen LogP contribution in [0.15, 0.2) is 0 Å². The van der Waals surface area contributed by atoms with Crippen molar-refractivity contribution >= 4 is 43.7 Å². The first kappa shape index (κ1) is 42.9. The first-order chi connectivity index (χ1) is 19.3. The van der Waals surface area contributed by atoms with Crippen molar-refractivity contribution in [3.63, 3.8) is 0 Å². The molecule has 0 heterocycles. The van der Waals surface area contributed by atoms with Crippen molar-refractivity contribution in [2.75, 3.05) is 0 Å². The molecule has 0 aromatic carbocycles. The van der Waals surface area contributed by atoms with E-state index in [1.807, 2.05) is 0 Å². The van der Waals surface area contributed by atoms with Gasteiger partial charge in [0.05, 0.1) is 0 Å². The van der Waals surface area contributed by atoms with E-state index in [-0.39, 0.29) is 40.6 Å². The monoisotopic (exact) mass is 593 g/mol. The van der Waals surface area contributed by atoms with Crippen molar-refractivity contribution in [3.05, 3.63) is 0 Å². The third-order valence-electron chi connectivity index (χ3n) is 8.74. The third kappa shape index (κ3) is 40.9. The van der Waals surface area contributed by atoms with E-state index in [1.54, 1.807) is 0 Å². The van der Waals surface area contributed by atoms with E-state index >= 15 is 0 Å². The van der Waals surface area contributed by atoms with Crippen molar-refractivity contribution in [2.45, 2.75) is 232 Å². The van der Waals surface area contributed by atoms with E-state index in [0.29, 0.717) is 6.42 Å². The summed E-state index contributed by atoms with van der Waals surface area (Å²) < 4.78 is 0. The van der Waals surface area contributed by atoms with Gasteiger partial charge < -0.3 is 7.96 Å². The van der Waals surface area contributed by atoms with Crippen LogP contribution in [0.5, 0.6) is 0 Å². The fourth-order valence-electron chi connectivity index (χ4n) is 6.01. The molecule has 0 rings (SSSR count). The largest absolute Gasteiger partial charge is 2.00 e. The molecule has 0 spiro atoms. The van der Waals surface area contributed by atoms with Crippen LogP contribution in [0.3, 0.4) is 0 Å². The van der Waals surface area contributed by atoms with Gasteiger partial charge in [-0.2, -0.15) is 0 Å². The van der Waals surface area contributed by atoms with E-state index in [2.05, 4.69) is 6.92 Å². The number of hydrogen-bond donors (Lipinski definition) is 1. The normalized spacial score (nSPS) is 11.1. The maximum absolute atomic E-state index is 10.5. The minimum Gasteiger partial charge on any atom is -1.00 e. The Balaban J connectivity index is -0.00000241. The van der Waals surface area contributed by atoms with E-state index in [4.69, 9.17) is 5.11 Å². The Morgan fingerprint density at radius 1 is 0.350 bits per heavy atom. The van der Waals surface area contributed by atoms with Gasteiger partial charge in [0.2, 0.25) is 0 Å². The number of carboxylic acids is 1. The molecular formula is C37H76CaO2. The SMILES string of the molecule is CCCCCCCCCCCCCCCCCCCCCCCCCCCCCCCCCCCCC(=O)O.[Ca+2].[H-].[H-]. The summed E-state index contributed by atoms with van der Waals surface area (Å²) in [6.07, 6.45) is 48.4. The molecule has 0 fully saturated rings. The maximum atomic E-state index is 10.5. The maximum Gasteiger partial charge on any atom is 2.00 e. The Bertz CT molecular complexity index is 465. The summed E-state index contributed by atoms with van der Waals surface area (Å²) in [6, 6.07) is 0. The molecule has 0 radical (unpaired) electrons. The third-order valence-corrected chi connectivity index (χ3v) is 8.74. The number of hydrogen-bond acceptors (Lipinski definition) is 1. The molecule has 3 heteroatoms. The van der Waals surface area contributed by atoms with Gasteiger partial charge >= 0.3 is 43.7 Å². The van der Waals surface area contributed by atoms with Crippen LogP contribution in [0, 0.1) is 0 Å². The molecule has 238 valence electrons. The number of rotatable bonds is 35. The number of carbonyl (C=O) groups is 1. The van der Waals surface area contributed by atoms with Crippen molar-refractivity contribution < 1.29 is 12.8 Å². The quantitative estimate of drug-likeness (QED) is 0.0587. The molecule has 0 amide bonds. The summed E-state index contributed by atoms with van der Waals surface area (Å²) in [4.78, 5) is 10.5. The molecule has 0 aromatic rings. The molecule has 0 atom stereocenters. The fraction of sp³-hybridized carbons (Fsp3) is 0.973. The summed E-state index contributed by atoms with van der Waals surface area (Å²) >= 11 is 0. The van der Waals surface area contributed by atoms with Gasteiger partial charge in [-0.15, -0.1) is 0 Å². The smallest absolute Gasteiger partial charge is 1.00 e. The van der Waals surface area contributed by atoms with Crippen molar-refractivity contribution in [2.24, 2.45) is 0 Å². The number of carboxylic acid groups (broad SMARTS) is 1. The van der Waals surface area contributed by atoms with Gasteiger partial charge in [-0.05, 0) is 6.42 Å². The van der Waals surface area contributed by atoms with E-state index in [0.717, 1.165) is 12.8 Å². The summed E-state index contributed by atoms with van der Waals surface area (Å²) in [5.74, 6) is -0.647. The standard InChI is InChI=1S/C37H74O2.Ca.2H/c1-2-3-4-5-6-7-8-9-10-11-12-13-14-15-16-17-18-19-20-21-22-23-24-25-26-27-28-29-30-31-32-33-34-35-36-37(38)39;;;/h2-36H2,1H3,(H,38,39);;;/q;+2;2*-1. The molecule has 0 saturated heterocycles. The Labute approximate surface area is 286 Å². The van der Waals surface area contributed by atoms with Crippen LogP contribution in [0.4, 0.5) is 0 Å². The van der Waals surface area contributed by atoms with Crippen LogP contribution in [0.25, 0.3) is 0 Å². The van der Waals surface area contributed by atoms with E-state index < -0.39 is 5.97 Å². The Hall–Kier alpha value is 0.730. The van der Waals surface area contributed by atoms with Crippen molar-refractivity contribution in [1.82, 2.24) is 0 Å². The minimum absolute atomic E-state index is 0. The summed E-state index contributed by atoms with van der Waals surface area (Å²) in [5, 5.41) is 8.63. The Kier molecular flexibility index (Phi) is 42.6. The van der Waals surface area contributed by atoms with E-state index in [9.17, 15) is 4.79 Å². The Morgan fingerprint density at radius 3 is 0.650 bits per heavy atom. The summed E-state index contributed by atoms with van der Waals surface area (Å²) in [5.41, 5.74) is 0. The summed E-state index contributed by atoms with van der Waals surface area (Å²) in [6.45, 7) is 2.30. The average Bonchev–Trinajstić information content (AvgIpc) is 2.93. The van der Waals surface area contributed by atoms with Gasteiger partial charge in [-0.1, -0.05) is 219 Å². The Morgan fingerprint density at radius 2 is 0.500 bits per heavy atom. The fourth-order valence-corrected chi connectivity index (χ4v) is 6.01. The van der Waals surface area contributed by atoms with Crippen LogP contribution in [0.1, 0.15) is 235 Å². The molecule has 0 bridgehead atoms. The molecule has 40 heavy (non-hydrogen) atoms. The minimum atomic E-state index is -0.647. The van der Waals surface area contributed by atoms with E-state index in [1.165, 1.54) is 205 Å². The van der Waals surface area contributed by atoms with Crippen LogP contribution in [-0.2, 0) is 4.79 Å². The molecule has 0 unspecified atom stereocenters.